The summed E-state index contributed by atoms with van der Waals surface area (Å²) in [4.78, 5) is 11.8. The second-order valence-corrected chi connectivity index (χ2v) is 7.16. The lowest BCUT2D eigenvalue weighted by Crippen LogP contribution is -2.00. The molecule has 0 bridgehead atoms. The Morgan fingerprint density at radius 2 is 1.71 bits per heavy atom. The van der Waals surface area contributed by atoms with Crippen LogP contribution < -0.4 is 5.43 Å². The van der Waals surface area contributed by atoms with Crippen molar-refractivity contribution in [3.63, 3.8) is 0 Å². The van der Waals surface area contributed by atoms with Gasteiger partial charge in [0.05, 0.1) is 0 Å². The van der Waals surface area contributed by atoms with Crippen LogP contribution in [0.15, 0.2) is 40.5 Å². The molecule has 1 heterocycles. The zero-order valence-corrected chi connectivity index (χ0v) is 13.8. The molecule has 0 aromatic heterocycles. The van der Waals surface area contributed by atoms with Gasteiger partial charge in [-0.1, -0.05) is 33.8 Å². The van der Waals surface area contributed by atoms with Gasteiger partial charge >= 0.3 is 0 Å². The Morgan fingerprint density at radius 1 is 0.952 bits per heavy atom. The van der Waals surface area contributed by atoms with Gasteiger partial charge in [-0.25, -0.2) is 0 Å². The van der Waals surface area contributed by atoms with E-state index in [1.165, 1.54) is 21.2 Å². The number of hydrogen-bond acceptors (Lipinski definition) is 2. The van der Waals surface area contributed by atoms with Crippen molar-refractivity contribution in [3.05, 3.63) is 57.1 Å². The van der Waals surface area contributed by atoms with Crippen LogP contribution >= 0.6 is 11.3 Å². The van der Waals surface area contributed by atoms with Gasteiger partial charge in [0.25, 0.3) is 0 Å². The molecule has 0 saturated heterocycles. The quantitative estimate of drug-likeness (QED) is 0.561. The number of rotatable bonds is 2. The third-order valence-corrected chi connectivity index (χ3v) is 5.11. The second-order valence-electron chi connectivity index (χ2n) is 6.28. The van der Waals surface area contributed by atoms with Gasteiger partial charge < -0.3 is 0 Å². The molecule has 0 radical (unpaired) electrons. The first-order valence-electron chi connectivity index (χ1n) is 7.46. The maximum Gasteiger partial charge on any atom is 0.179 e. The zero-order valence-electron chi connectivity index (χ0n) is 12.9. The summed E-state index contributed by atoms with van der Waals surface area (Å²) in [6, 6.07) is 9.96. The Kier molecular flexibility index (Phi) is 3.58. The van der Waals surface area contributed by atoms with E-state index in [-0.39, 0.29) is 5.43 Å². The van der Waals surface area contributed by atoms with E-state index in [0.717, 1.165) is 11.1 Å². The Balaban J connectivity index is 2.48. The molecule has 108 valence electrons. The molecule has 1 aromatic carbocycles. The topological polar surface area (TPSA) is 17.1 Å². The zero-order chi connectivity index (χ0) is 15.1. The highest BCUT2D eigenvalue weighted by molar-refractivity contribution is 7.17. The lowest BCUT2D eigenvalue weighted by molar-refractivity contribution is 0.843. The SMILES string of the molecule is CC(C)c1cc(C(C)C)c2scc3ccc(=O)cc-3c2c1. The average molecular weight is 296 g/mol. The van der Waals surface area contributed by atoms with E-state index >= 15 is 0 Å². The monoisotopic (exact) mass is 296 g/mol. The summed E-state index contributed by atoms with van der Waals surface area (Å²) >= 11 is 1.79. The van der Waals surface area contributed by atoms with Gasteiger partial charge in [-0.3, -0.25) is 4.79 Å². The van der Waals surface area contributed by atoms with E-state index < -0.39 is 0 Å². The maximum atomic E-state index is 11.8. The van der Waals surface area contributed by atoms with E-state index in [0.29, 0.717) is 11.8 Å². The van der Waals surface area contributed by atoms with Crippen LogP contribution in [0.2, 0.25) is 0 Å². The van der Waals surface area contributed by atoms with Gasteiger partial charge in [0.2, 0.25) is 0 Å². The predicted molar refractivity (Wildman–Crippen MR) is 92.9 cm³/mol. The van der Waals surface area contributed by atoms with Crippen molar-refractivity contribution < 1.29 is 0 Å². The maximum absolute atomic E-state index is 11.8. The van der Waals surface area contributed by atoms with E-state index in [2.05, 4.69) is 45.2 Å². The first-order valence-corrected chi connectivity index (χ1v) is 8.34. The molecule has 0 N–H and O–H groups in total. The van der Waals surface area contributed by atoms with Crippen molar-refractivity contribution in [1.82, 2.24) is 0 Å². The smallest absolute Gasteiger partial charge is 0.179 e. The minimum atomic E-state index is 0.0843. The van der Waals surface area contributed by atoms with Crippen LogP contribution in [0, 0.1) is 0 Å². The Labute approximate surface area is 129 Å². The molecule has 0 saturated carbocycles. The van der Waals surface area contributed by atoms with Crippen molar-refractivity contribution in [2.24, 2.45) is 0 Å². The predicted octanol–water partition coefficient (Wildman–Crippen LogP) is 5.61. The van der Waals surface area contributed by atoms with Crippen molar-refractivity contribution in [3.8, 4) is 11.1 Å². The largest absolute Gasteiger partial charge is 0.290 e. The third kappa shape index (κ3) is 2.49. The summed E-state index contributed by atoms with van der Waals surface area (Å²) in [6.45, 7) is 8.91. The molecule has 0 fully saturated rings. The van der Waals surface area contributed by atoms with Gasteiger partial charge in [-0.2, -0.15) is 0 Å². The normalized spacial score (nSPS) is 11.9. The molecule has 1 aliphatic carbocycles. The fraction of sp³-hybridized carbons (Fsp3) is 0.316. The van der Waals surface area contributed by atoms with Gasteiger partial charge in [-0.15, -0.1) is 11.3 Å². The molecular formula is C19H20OS. The van der Waals surface area contributed by atoms with Crippen molar-refractivity contribution in [1.29, 1.82) is 0 Å². The van der Waals surface area contributed by atoms with E-state index in [1.807, 2.05) is 6.07 Å². The van der Waals surface area contributed by atoms with Gasteiger partial charge in [0, 0.05) is 10.1 Å². The summed E-state index contributed by atoms with van der Waals surface area (Å²) in [5.74, 6) is 0.970. The standard InChI is InChI=1S/C19H20OS/c1-11(2)14-7-16(12(3)4)19-18(8-14)17-9-15(20)6-5-13(17)10-21-19/h5-12H,1-4H3. The van der Waals surface area contributed by atoms with Crippen LogP contribution in [-0.2, 0) is 0 Å². The average Bonchev–Trinajstić information content (AvgIpc) is 2.45. The van der Waals surface area contributed by atoms with E-state index in [9.17, 15) is 4.79 Å². The van der Waals surface area contributed by atoms with Gasteiger partial charge in [0.15, 0.2) is 5.43 Å². The molecule has 0 atom stereocenters. The van der Waals surface area contributed by atoms with Crippen molar-refractivity contribution in [2.75, 3.05) is 0 Å². The van der Waals surface area contributed by atoms with Gasteiger partial charge in [0.1, 0.15) is 0 Å². The lowest BCUT2D eigenvalue weighted by atomic mass is 9.91. The minimum Gasteiger partial charge on any atom is -0.290 e. The number of hydrogen-bond donors (Lipinski definition) is 0. The van der Waals surface area contributed by atoms with Crippen molar-refractivity contribution in [2.45, 2.75) is 39.5 Å². The first-order chi connectivity index (χ1) is 9.97. The molecule has 2 aliphatic rings. The first kappa shape index (κ1) is 14.3. The minimum absolute atomic E-state index is 0.0843. The van der Waals surface area contributed by atoms with Crippen molar-refractivity contribution >= 4 is 21.4 Å². The molecule has 3 rings (SSSR count). The Hall–Kier alpha value is -1.67. The summed E-state index contributed by atoms with van der Waals surface area (Å²) in [7, 11) is 0. The molecule has 1 aliphatic heterocycles. The molecule has 1 nitrogen and oxygen atoms in total. The summed E-state index contributed by atoms with van der Waals surface area (Å²) in [6.07, 6.45) is 0. The molecule has 21 heavy (non-hydrogen) atoms. The lowest BCUT2D eigenvalue weighted by Gasteiger charge is -2.17. The van der Waals surface area contributed by atoms with Crippen LogP contribution in [0.1, 0.15) is 50.7 Å². The van der Waals surface area contributed by atoms with Gasteiger partial charge in [-0.05, 0) is 63.7 Å². The van der Waals surface area contributed by atoms with Crippen LogP contribution in [0.3, 0.4) is 0 Å². The molecule has 1 aromatic rings. The van der Waals surface area contributed by atoms with Crippen LogP contribution in [-0.4, -0.2) is 0 Å². The highest BCUT2D eigenvalue weighted by atomic mass is 32.1. The van der Waals surface area contributed by atoms with Crippen LogP contribution in [0.4, 0.5) is 0 Å². The molecular weight excluding hydrogens is 276 g/mol. The Morgan fingerprint density at radius 3 is 2.38 bits per heavy atom. The highest BCUT2D eigenvalue weighted by Gasteiger charge is 2.15. The third-order valence-electron chi connectivity index (χ3n) is 4.05. The number of benzene rings is 2. The highest BCUT2D eigenvalue weighted by Crippen LogP contribution is 2.39. The summed E-state index contributed by atoms with van der Waals surface area (Å²) < 4.78 is 1.31. The van der Waals surface area contributed by atoms with E-state index in [1.54, 1.807) is 23.5 Å². The van der Waals surface area contributed by atoms with Crippen LogP contribution in [0.25, 0.3) is 21.2 Å². The fourth-order valence-corrected chi connectivity index (χ4v) is 3.94. The Bertz CT molecular complexity index is 827. The molecule has 2 heteroatoms. The number of fused-ring (bicyclic) bond motifs is 3. The second kappa shape index (κ2) is 5.27. The molecule has 0 unspecified atom stereocenters. The summed E-state index contributed by atoms with van der Waals surface area (Å²) in [5.41, 5.74) is 5.06. The van der Waals surface area contributed by atoms with E-state index in [4.69, 9.17) is 0 Å². The van der Waals surface area contributed by atoms with Crippen LogP contribution in [0.5, 0.6) is 0 Å². The molecule has 0 spiro atoms. The fourth-order valence-electron chi connectivity index (χ4n) is 2.76. The molecule has 0 amide bonds. The summed E-state index contributed by atoms with van der Waals surface area (Å²) in [5, 5.41) is 3.39.